The second kappa shape index (κ2) is 9.00. The first kappa shape index (κ1) is 24.4. The number of hydrogen-bond acceptors (Lipinski definition) is 3. The largest absolute Gasteiger partial charge is 0.483 e. The normalized spacial score (nSPS) is 18.8. The number of ether oxygens (including phenoxy) is 1. The van der Waals surface area contributed by atoms with E-state index >= 15 is 8.78 Å². The lowest BCUT2D eigenvalue weighted by Gasteiger charge is -2.41. The van der Waals surface area contributed by atoms with Crippen LogP contribution in [0.4, 0.5) is 14.5 Å². The van der Waals surface area contributed by atoms with Crippen LogP contribution in [-0.4, -0.2) is 24.0 Å². The molecule has 2 aliphatic heterocycles. The van der Waals surface area contributed by atoms with Crippen LogP contribution in [0.15, 0.2) is 60.7 Å². The maximum Gasteiger partial charge on any atom is 0.251 e. The van der Waals surface area contributed by atoms with E-state index < -0.39 is 22.8 Å². The Morgan fingerprint density at radius 1 is 0.861 bits per heavy atom. The predicted octanol–water partition coefficient (Wildman–Crippen LogP) is 6.87. The molecule has 0 radical (unpaired) electrons. The van der Waals surface area contributed by atoms with E-state index in [1.54, 1.807) is 26.0 Å². The fraction of sp³-hybridized carbons (Fsp3) is 0.367. The van der Waals surface area contributed by atoms with Gasteiger partial charge in [-0.25, -0.2) is 18.8 Å². The van der Waals surface area contributed by atoms with Crippen LogP contribution in [0.25, 0.3) is 11.1 Å². The van der Waals surface area contributed by atoms with Gasteiger partial charge in [0.25, 0.3) is 5.91 Å². The Morgan fingerprint density at radius 3 is 2.06 bits per heavy atom. The number of carbonyl (C=O) groups is 1. The minimum atomic E-state index is -1.12. The highest BCUT2D eigenvalue weighted by molar-refractivity contribution is 6.09. The summed E-state index contributed by atoms with van der Waals surface area (Å²) in [4.78, 5) is 13.8. The summed E-state index contributed by atoms with van der Waals surface area (Å²) in [5.41, 5.74) is 1.10. The van der Waals surface area contributed by atoms with E-state index in [4.69, 9.17) is 4.74 Å². The molecule has 1 fully saturated rings. The summed E-state index contributed by atoms with van der Waals surface area (Å²) >= 11 is 0. The minimum Gasteiger partial charge on any atom is -0.483 e. The zero-order valence-corrected chi connectivity index (χ0v) is 21.3. The van der Waals surface area contributed by atoms with Crippen molar-refractivity contribution < 1.29 is 18.3 Å². The van der Waals surface area contributed by atoms with Gasteiger partial charge in [0.15, 0.2) is 17.4 Å². The average molecular weight is 491 g/mol. The molecule has 0 aromatic heterocycles. The maximum absolute atomic E-state index is 16.3. The number of amides is 1. The van der Waals surface area contributed by atoms with Crippen molar-refractivity contribution in [3.8, 4) is 16.9 Å². The lowest BCUT2D eigenvalue weighted by Crippen LogP contribution is -2.52. The summed E-state index contributed by atoms with van der Waals surface area (Å²) in [6.45, 7) is 9.14. The molecule has 1 amide bonds. The summed E-state index contributed by atoms with van der Waals surface area (Å²) in [6.07, 6.45) is 1.75. The Morgan fingerprint density at radius 2 is 1.44 bits per heavy atom. The smallest absolute Gasteiger partial charge is 0.251 e. The van der Waals surface area contributed by atoms with E-state index in [-0.39, 0.29) is 29.2 Å². The Bertz CT molecular complexity index is 1280. The first-order chi connectivity index (χ1) is 17.1. The van der Waals surface area contributed by atoms with Crippen LogP contribution in [0, 0.1) is 17.0 Å². The van der Waals surface area contributed by atoms with E-state index in [0.29, 0.717) is 24.2 Å². The van der Waals surface area contributed by atoms with Crippen molar-refractivity contribution in [3.63, 3.8) is 0 Å². The molecular weight excluding hydrogens is 458 g/mol. The van der Waals surface area contributed by atoms with Gasteiger partial charge in [0, 0.05) is 24.2 Å². The molecule has 0 atom stereocenters. The molecule has 0 saturated carbocycles. The molecule has 2 aliphatic rings. The Balaban J connectivity index is 1.69. The van der Waals surface area contributed by atoms with Crippen LogP contribution >= 0.6 is 0 Å². The van der Waals surface area contributed by atoms with Crippen molar-refractivity contribution >= 4 is 11.6 Å². The number of halogens is 2. The first-order valence-corrected chi connectivity index (χ1v) is 12.5. The van der Waals surface area contributed by atoms with E-state index in [1.807, 2.05) is 53.5 Å². The van der Waals surface area contributed by atoms with E-state index in [1.165, 1.54) is 5.01 Å². The monoisotopic (exact) mass is 490 g/mol. The summed E-state index contributed by atoms with van der Waals surface area (Å²) < 4.78 is 38.3. The molecular formula is C30H32F2N2O2. The van der Waals surface area contributed by atoms with Crippen LogP contribution < -0.4 is 9.75 Å². The third-order valence-corrected chi connectivity index (χ3v) is 7.54. The fourth-order valence-corrected chi connectivity index (χ4v) is 5.24. The molecule has 2 heterocycles. The van der Waals surface area contributed by atoms with Crippen LogP contribution in [0.3, 0.4) is 0 Å². The standard InChI is InChI=1S/C30H32F2N2O2/c1-29(2)15-17-33(18-16-29)34-26-23(30(3,4)28(34)35)22(21-13-9-6-10-14-21)24(31)27(25(26)32)36-19-20-11-7-5-8-12-20/h5-14H,15-19H2,1-4H3. The third-order valence-electron chi connectivity index (χ3n) is 7.54. The maximum atomic E-state index is 16.3. The van der Waals surface area contributed by atoms with E-state index in [9.17, 15) is 4.79 Å². The number of nitrogens with zero attached hydrogens (tertiary/aromatic N) is 2. The molecule has 1 saturated heterocycles. The quantitative estimate of drug-likeness (QED) is 0.391. The molecule has 0 aliphatic carbocycles. The molecule has 0 N–H and O–H groups in total. The van der Waals surface area contributed by atoms with Crippen LogP contribution in [-0.2, 0) is 16.8 Å². The van der Waals surface area contributed by atoms with Gasteiger partial charge in [-0.15, -0.1) is 0 Å². The summed E-state index contributed by atoms with van der Waals surface area (Å²) in [5.74, 6) is -2.32. The Kier molecular flexibility index (Phi) is 6.11. The summed E-state index contributed by atoms with van der Waals surface area (Å²) in [6, 6.07) is 18.3. The molecule has 0 spiro atoms. The van der Waals surface area contributed by atoms with Crippen molar-refractivity contribution in [1.29, 1.82) is 0 Å². The summed E-state index contributed by atoms with van der Waals surface area (Å²) in [7, 11) is 0. The molecule has 0 unspecified atom stereocenters. The molecule has 36 heavy (non-hydrogen) atoms. The highest BCUT2D eigenvalue weighted by atomic mass is 19.1. The Hall–Kier alpha value is -3.25. The van der Waals surface area contributed by atoms with Crippen molar-refractivity contribution in [2.24, 2.45) is 5.41 Å². The van der Waals surface area contributed by atoms with E-state index in [0.717, 1.165) is 18.4 Å². The van der Waals surface area contributed by atoms with Gasteiger partial charge in [0.1, 0.15) is 12.3 Å². The highest BCUT2D eigenvalue weighted by Crippen LogP contribution is 2.53. The number of piperidine rings is 1. The molecule has 3 aromatic rings. The fourth-order valence-electron chi connectivity index (χ4n) is 5.24. The Labute approximate surface area is 211 Å². The molecule has 4 nitrogen and oxygen atoms in total. The zero-order chi connectivity index (χ0) is 25.7. The summed E-state index contributed by atoms with van der Waals surface area (Å²) in [5, 5.41) is 3.37. The predicted molar refractivity (Wildman–Crippen MR) is 138 cm³/mol. The number of hydrogen-bond donors (Lipinski definition) is 0. The topological polar surface area (TPSA) is 32.8 Å². The molecule has 6 heteroatoms. The average Bonchev–Trinajstić information content (AvgIpc) is 3.06. The van der Waals surface area contributed by atoms with Crippen molar-refractivity contribution in [2.75, 3.05) is 18.1 Å². The van der Waals surface area contributed by atoms with Gasteiger partial charge >= 0.3 is 0 Å². The lowest BCUT2D eigenvalue weighted by atomic mass is 9.80. The zero-order valence-electron chi connectivity index (χ0n) is 21.3. The second-order valence-electron chi connectivity index (χ2n) is 11.1. The van der Waals surface area contributed by atoms with E-state index in [2.05, 4.69) is 13.8 Å². The number of benzene rings is 3. The third kappa shape index (κ3) is 4.07. The minimum absolute atomic E-state index is 0.0109. The highest BCUT2D eigenvalue weighted by Gasteiger charge is 2.52. The number of carbonyl (C=O) groups excluding carboxylic acids is 1. The first-order valence-electron chi connectivity index (χ1n) is 12.5. The van der Waals surface area contributed by atoms with Gasteiger partial charge in [-0.05, 0) is 43.2 Å². The lowest BCUT2D eigenvalue weighted by molar-refractivity contribution is -0.125. The van der Waals surface area contributed by atoms with Crippen molar-refractivity contribution in [3.05, 3.63) is 83.4 Å². The SMILES string of the molecule is CC1(C)CCN(N2C(=O)C(C)(C)c3c(-c4ccccc4)c(F)c(OCc4ccccc4)c(F)c32)CC1. The van der Waals surface area contributed by atoms with Crippen LogP contribution in [0.1, 0.15) is 51.7 Å². The number of anilines is 1. The molecule has 5 rings (SSSR count). The molecule has 188 valence electrons. The van der Waals surface area contributed by atoms with Gasteiger partial charge in [-0.2, -0.15) is 0 Å². The molecule has 3 aromatic carbocycles. The van der Waals surface area contributed by atoms with Crippen molar-refractivity contribution in [2.45, 2.75) is 52.6 Å². The van der Waals surface area contributed by atoms with Crippen LogP contribution in [0.5, 0.6) is 5.75 Å². The van der Waals surface area contributed by atoms with Gasteiger partial charge in [0.2, 0.25) is 0 Å². The van der Waals surface area contributed by atoms with Gasteiger partial charge in [-0.3, -0.25) is 4.79 Å². The number of fused-ring (bicyclic) bond motifs is 1. The van der Waals surface area contributed by atoms with Gasteiger partial charge in [-0.1, -0.05) is 74.5 Å². The number of hydrazine groups is 1. The molecule has 0 bridgehead atoms. The van der Waals surface area contributed by atoms with Gasteiger partial charge in [0.05, 0.1) is 5.41 Å². The van der Waals surface area contributed by atoms with Crippen LogP contribution in [0.2, 0.25) is 0 Å². The second-order valence-corrected chi connectivity index (χ2v) is 11.1. The number of rotatable bonds is 5. The van der Waals surface area contributed by atoms with Gasteiger partial charge < -0.3 is 4.74 Å². The van der Waals surface area contributed by atoms with Crippen molar-refractivity contribution in [1.82, 2.24) is 5.01 Å².